The highest BCUT2D eigenvalue weighted by molar-refractivity contribution is 5.33. The second-order valence-electron chi connectivity index (χ2n) is 23.1. The van der Waals surface area contributed by atoms with Crippen LogP contribution in [0.25, 0.3) is 0 Å². The van der Waals surface area contributed by atoms with Gasteiger partial charge in [0.1, 0.15) is 6.10 Å². The third kappa shape index (κ3) is 6.09. The van der Waals surface area contributed by atoms with Crippen LogP contribution in [0.5, 0.6) is 0 Å². The summed E-state index contributed by atoms with van der Waals surface area (Å²) in [6.07, 6.45) is 10.6. The maximum atomic E-state index is 12.7. The molecule has 2 N–H and O–H groups in total. The van der Waals surface area contributed by atoms with E-state index in [4.69, 9.17) is 18.9 Å². The van der Waals surface area contributed by atoms with Gasteiger partial charge < -0.3 is 34.1 Å². The van der Waals surface area contributed by atoms with Crippen LogP contribution >= 0.6 is 0 Å². The minimum atomic E-state index is -1.01. The molecule has 8 heteroatoms. The van der Waals surface area contributed by atoms with Crippen molar-refractivity contribution in [1.82, 2.24) is 9.80 Å². The molecule has 3 aliphatic heterocycles. The molecule has 310 valence electrons. The van der Waals surface area contributed by atoms with Crippen LogP contribution in [0.3, 0.4) is 0 Å². The zero-order chi connectivity index (χ0) is 38.9. The fraction of sp³-hybridized carbons (Fsp3) is 1.00. The van der Waals surface area contributed by atoms with Gasteiger partial charge in [0.2, 0.25) is 0 Å². The van der Waals surface area contributed by atoms with E-state index < -0.39 is 17.8 Å². The summed E-state index contributed by atoms with van der Waals surface area (Å²) in [7, 11) is 0. The fourth-order valence-corrected chi connectivity index (χ4v) is 16.0. The number of hydrogen-bond donors (Lipinski definition) is 2. The Morgan fingerprint density at radius 2 is 1.57 bits per heavy atom. The Morgan fingerprint density at radius 1 is 0.889 bits per heavy atom. The Bertz CT molecular complexity index is 1370. The molecule has 3 unspecified atom stereocenters. The smallest absolute Gasteiger partial charge is 0.170 e. The Balaban J connectivity index is 0.954. The minimum absolute atomic E-state index is 0.0209. The van der Waals surface area contributed by atoms with Crippen LogP contribution in [-0.2, 0) is 18.9 Å². The molecule has 0 radical (unpaired) electrons. The first-order chi connectivity index (χ1) is 25.2. The lowest BCUT2D eigenvalue weighted by molar-refractivity contribution is -0.251. The maximum Gasteiger partial charge on any atom is 0.170 e. The highest BCUT2D eigenvalue weighted by Gasteiger charge is 2.84. The molecule has 2 spiro atoms. The Labute approximate surface area is 329 Å². The van der Waals surface area contributed by atoms with Crippen LogP contribution < -0.4 is 0 Å². The zero-order valence-corrected chi connectivity index (χ0v) is 36.3. The average Bonchev–Trinajstić information content (AvgIpc) is 3.72. The van der Waals surface area contributed by atoms with Crippen LogP contribution in [-0.4, -0.2) is 114 Å². The van der Waals surface area contributed by atoms with E-state index in [1.54, 1.807) is 0 Å². The lowest BCUT2D eigenvalue weighted by atomic mass is 9.41. The molecule has 8 rings (SSSR count). The van der Waals surface area contributed by atoms with Crippen LogP contribution in [0.2, 0.25) is 0 Å². The predicted octanol–water partition coefficient (Wildman–Crippen LogP) is 7.53. The van der Waals surface area contributed by atoms with Gasteiger partial charge in [0.15, 0.2) is 6.29 Å². The Kier molecular flexibility index (Phi) is 10.2. The second kappa shape index (κ2) is 13.6. The number of ether oxygens (including phenoxy) is 4. The van der Waals surface area contributed by atoms with Gasteiger partial charge in [0.05, 0.1) is 36.6 Å². The molecule has 0 aromatic rings. The van der Waals surface area contributed by atoms with Crippen molar-refractivity contribution >= 4 is 0 Å². The molecule has 0 aromatic carbocycles. The number of aliphatic hydroxyl groups is 2. The Hall–Kier alpha value is -0.320. The molecule has 0 aromatic heterocycles. The van der Waals surface area contributed by atoms with Gasteiger partial charge in [0.25, 0.3) is 0 Å². The number of likely N-dealkylation sites (tertiary alicyclic amines) is 1. The number of hydrogen-bond acceptors (Lipinski definition) is 8. The number of piperidine rings is 1. The topological polar surface area (TPSA) is 83.9 Å². The first-order valence-electron chi connectivity index (χ1n) is 22.6. The molecular formula is C46H80N2O6. The average molecular weight is 757 g/mol. The molecule has 3 heterocycles. The predicted molar refractivity (Wildman–Crippen MR) is 213 cm³/mol. The quantitative estimate of drug-likeness (QED) is 0.263. The van der Waals surface area contributed by atoms with E-state index in [0.29, 0.717) is 52.6 Å². The molecule has 3 saturated heterocycles. The number of aliphatic hydroxyl groups excluding tert-OH is 1. The minimum Gasteiger partial charge on any atom is -0.390 e. The molecule has 8 aliphatic rings. The summed E-state index contributed by atoms with van der Waals surface area (Å²) >= 11 is 0. The van der Waals surface area contributed by atoms with E-state index in [0.717, 1.165) is 32.5 Å². The number of nitrogens with zero attached hydrogens (tertiary/aromatic N) is 2. The van der Waals surface area contributed by atoms with Crippen LogP contribution in [0, 0.1) is 56.2 Å². The first-order valence-corrected chi connectivity index (χ1v) is 22.6. The van der Waals surface area contributed by atoms with Crippen molar-refractivity contribution in [3.05, 3.63) is 0 Å². The van der Waals surface area contributed by atoms with Crippen molar-refractivity contribution in [2.75, 3.05) is 45.9 Å². The van der Waals surface area contributed by atoms with Crippen LogP contribution in [0.4, 0.5) is 0 Å². The monoisotopic (exact) mass is 757 g/mol. The molecule has 0 amide bonds. The largest absolute Gasteiger partial charge is 0.390 e. The highest BCUT2D eigenvalue weighted by atomic mass is 16.7. The number of rotatable bonds is 8. The van der Waals surface area contributed by atoms with Crippen molar-refractivity contribution in [2.24, 2.45) is 56.2 Å². The summed E-state index contributed by atoms with van der Waals surface area (Å²) in [6, 6.07) is 0.639. The van der Waals surface area contributed by atoms with Gasteiger partial charge in [-0.15, -0.1) is 0 Å². The van der Waals surface area contributed by atoms with Gasteiger partial charge in [0, 0.05) is 37.7 Å². The lowest BCUT2D eigenvalue weighted by Gasteiger charge is -2.64. The molecule has 8 nitrogen and oxygen atoms in total. The van der Waals surface area contributed by atoms with E-state index in [2.05, 4.69) is 65.2 Å². The summed E-state index contributed by atoms with van der Waals surface area (Å²) in [5.41, 5.74) is -0.0934. The second-order valence-corrected chi connectivity index (χ2v) is 23.1. The lowest BCUT2D eigenvalue weighted by Crippen LogP contribution is -2.60. The molecule has 0 bridgehead atoms. The number of fused-ring (bicyclic) bond motifs is 4. The summed E-state index contributed by atoms with van der Waals surface area (Å²) in [5, 5.41) is 23.8. The summed E-state index contributed by atoms with van der Waals surface area (Å²) in [5.74, 6) is 1.85. The van der Waals surface area contributed by atoms with Crippen molar-refractivity contribution in [2.45, 2.75) is 189 Å². The van der Waals surface area contributed by atoms with E-state index in [-0.39, 0.29) is 40.8 Å². The van der Waals surface area contributed by atoms with Gasteiger partial charge in [-0.25, -0.2) is 0 Å². The van der Waals surface area contributed by atoms with Gasteiger partial charge in [-0.1, -0.05) is 55.4 Å². The fourth-order valence-electron chi connectivity index (χ4n) is 16.0. The molecule has 8 fully saturated rings. The summed E-state index contributed by atoms with van der Waals surface area (Å²) in [4.78, 5) is 5.36. The number of morpholine rings is 1. The van der Waals surface area contributed by atoms with Crippen molar-refractivity contribution in [3.63, 3.8) is 0 Å². The maximum absolute atomic E-state index is 12.7. The molecular weight excluding hydrogens is 677 g/mol. The van der Waals surface area contributed by atoms with Gasteiger partial charge >= 0.3 is 0 Å². The molecule has 54 heavy (non-hydrogen) atoms. The van der Waals surface area contributed by atoms with E-state index >= 15 is 0 Å². The summed E-state index contributed by atoms with van der Waals surface area (Å²) in [6.45, 7) is 32.0. The van der Waals surface area contributed by atoms with Gasteiger partial charge in [-0.05, 0) is 149 Å². The van der Waals surface area contributed by atoms with Crippen molar-refractivity contribution in [1.29, 1.82) is 0 Å². The van der Waals surface area contributed by atoms with Crippen LogP contribution in [0.1, 0.15) is 140 Å². The summed E-state index contributed by atoms with van der Waals surface area (Å²) < 4.78 is 26.7. The Morgan fingerprint density at radius 3 is 2.24 bits per heavy atom. The molecule has 5 saturated carbocycles. The normalized spacial score (nSPS) is 48.9. The highest BCUT2D eigenvalue weighted by Crippen LogP contribution is 2.89. The van der Waals surface area contributed by atoms with E-state index in [1.165, 1.54) is 71.0 Å². The molecule has 5 aliphatic carbocycles. The first kappa shape index (κ1) is 40.5. The van der Waals surface area contributed by atoms with Gasteiger partial charge in [-0.3, -0.25) is 4.90 Å². The van der Waals surface area contributed by atoms with E-state index in [9.17, 15) is 10.2 Å². The van der Waals surface area contributed by atoms with Crippen molar-refractivity contribution < 1.29 is 29.2 Å². The standard InChI is InChI=1S/C46H80N2O6/c1-12-51-39(42(8,9)50)31-25-29(2)36-37(53-31)38(49)44(11)33-14-13-32-41(6,7)34(15-18-45(32)27-46(33,45)20-19-43(36,44)10)54-35-26-48(23-24-52-35)30-16-21-47(22-17-30)28-40(3,4)5/h29-39,49-50H,12-28H2,1-11H3/t29-,31?,32+,33?,34+,35+,36+,37?,38+,39+,43-,44-,45-,46+/m1/s1. The third-order valence-corrected chi connectivity index (χ3v) is 18.3. The van der Waals surface area contributed by atoms with Gasteiger partial charge in [-0.2, -0.15) is 0 Å². The zero-order valence-electron chi connectivity index (χ0n) is 36.3. The van der Waals surface area contributed by atoms with Crippen molar-refractivity contribution in [3.8, 4) is 0 Å². The van der Waals surface area contributed by atoms with Crippen LogP contribution in [0.15, 0.2) is 0 Å². The van der Waals surface area contributed by atoms with E-state index in [1.807, 2.05) is 20.8 Å². The SMILES string of the molecule is CCO[C@@H](C1C[C@@H](C)[C@H]2C(O1)[C@H](O)[C@@]1(C)C3CC[C@H]4C(C)(C)[C@@H](O[C@H]5CN(C6CCN(CC(C)(C)C)CC6)CCO5)CC[C@@]45C[C@@]35CC[C@]21C)C(C)(C)O. The third-order valence-electron chi connectivity index (χ3n) is 18.3. The molecule has 14 atom stereocenters.